The molecule has 0 radical (unpaired) electrons. The summed E-state index contributed by atoms with van der Waals surface area (Å²) < 4.78 is 5.62. The monoisotopic (exact) mass is 253 g/mol. The molecule has 0 saturated carbocycles. The van der Waals surface area contributed by atoms with E-state index in [4.69, 9.17) is 10.5 Å². The Balaban J connectivity index is 2.24. The third kappa shape index (κ3) is 6.59. The average Bonchev–Trinajstić information content (AvgIpc) is 2.37. The van der Waals surface area contributed by atoms with Gasteiger partial charge < -0.3 is 10.5 Å². The Bertz CT molecular complexity index is 287. The molecule has 0 heterocycles. The Kier molecular flexibility index (Phi) is 7.93. The fourth-order valence-electron chi connectivity index (χ4n) is 1.39. The van der Waals surface area contributed by atoms with Crippen LogP contribution in [0.25, 0.3) is 0 Å². The van der Waals surface area contributed by atoms with Crippen molar-refractivity contribution in [2.24, 2.45) is 5.73 Å². The zero-order valence-corrected chi connectivity index (χ0v) is 11.5. The molecule has 0 aliphatic rings. The number of nitrogens with two attached hydrogens (primary N) is 1. The molecule has 0 spiro atoms. The molecule has 96 valence electrons. The predicted molar refractivity (Wildman–Crippen MR) is 76.7 cm³/mol. The molecule has 2 N–H and O–H groups in total. The zero-order valence-electron chi connectivity index (χ0n) is 10.7. The van der Waals surface area contributed by atoms with Gasteiger partial charge in [-0.2, -0.15) is 11.8 Å². The SMILES string of the molecule is CCCCOc1ccc(CSCCCN)cc1. The van der Waals surface area contributed by atoms with Gasteiger partial charge >= 0.3 is 0 Å². The summed E-state index contributed by atoms with van der Waals surface area (Å²) in [5.41, 5.74) is 6.81. The van der Waals surface area contributed by atoms with E-state index in [-0.39, 0.29) is 0 Å². The lowest BCUT2D eigenvalue weighted by Gasteiger charge is -2.06. The average molecular weight is 253 g/mol. The van der Waals surface area contributed by atoms with Crippen molar-refractivity contribution in [3.63, 3.8) is 0 Å². The van der Waals surface area contributed by atoms with E-state index >= 15 is 0 Å². The molecule has 3 heteroatoms. The van der Waals surface area contributed by atoms with Gasteiger partial charge in [-0.1, -0.05) is 25.5 Å². The summed E-state index contributed by atoms with van der Waals surface area (Å²) in [6.45, 7) is 3.78. The van der Waals surface area contributed by atoms with E-state index in [0.717, 1.165) is 43.2 Å². The van der Waals surface area contributed by atoms with Crippen LogP contribution in [-0.2, 0) is 5.75 Å². The maximum absolute atomic E-state index is 5.62. The minimum Gasteiger partial charge on any atom is -0.494 e. The molecule has 0 aliphatic carbocycles. The first kappa shape index (κ1) is 14.4. The minimum absolute atomic E-state index is 0.789. The summed E-state index contributed by atoms with van der Waals surface area (Å²) in [6, 6.07) is 8.43. The van der Waals surface area contributed by atoms with Gasteiger partial charge in [0.2, 0.25) is 0 Å². The van der Waals surface area contributed by atoms with E-state index in [2.05, 4.69) is 31.2 Å². The van der Waals surface area contributed by atoms with Gasteiger partial charge in [-0.15, -0.1) is 0 Å². The van der Waals surface area contributed by atoms with Gasteiger partial charge in [0, 0.05) is 5.75 Å². The maximum Gasteiger partial charge on any atom is 0.119 e. The molecule has 0 amide bonds. The van der Waals surface area contributed by atoms with Crippen molar-refractivity contribution in [3.8, 4) is 5.75 Å². The highest BCUT2D eigenvalue weighted by Crippen LogP contribution is 2.17. The van der Waals surface area contributed by atoms with Crippen molar-refractivity contribution < 1.29 is 4.74 Å². The molecule has 17 heavy (non-hydrogen) atoms. The first-order chi connectivity index (χ1) is 8.36. The van der Waals surface area contributed by atoms with Crippen molar-refractivity contribution in [1.82, 2.24) is 0 Å². The highest BCUT2D eigenvalue weighted by Gasteiger charge is 1.96. The molecule has 0 atom stereocenters. The van der Waals surface area contributed by atoms with Crippen LogP contribution in [0.2, 0.25) is 0 Å². The summed E-state index contributed by atoms with van der Waals surface area (Å²) in [6.07, 6.45) is 3.40. The van der Waals surface area contributed by atoms with Gasteiger partial charge in [0.15, 0.2) is 0 Å². The molecule has 1 rings (SSSR count). The van der Waals surface area contributed by atoms with Gasteiger partial charge in [-0.05, 0) is 42.8 Å². The quantitative estimate of drug-likeness (QED) is 0.685. The van der Waals surface area contributed by atoms with Crippen LogP contribution in [0.4, 0.5) is 0 Å². The Morgan fingerprint density at radius 3 is 2.59 bits per heavy atom. The van der Waals surface area contributed by atoms with Gasteiger partial charge in [0.25, 0.3) is 0 Å². The normalized spacial score (nSPS) is 10.5. The number of rotatable bonds is 9. The minimum atomic E-state index is 0.789. The lowest BCUT2D eigenvalue weighted by molar-refractivity contribution is 0.309. The van der Waals surface area contributed by atoms with Crippen molar-refractivity contribution in [2.75, 3.05) is 18.9 Å². The standard InChI is InChI=1S/C14H23NOS/c1-2-3-10-16-14-7-5-13(6-8-14)12-17-11-4-9-15/h5-8H,2-4,9-12,15H2,1H3. The number of unbranched alkanes of at least 4 members (excludes halogenated alkanes) is 1. The van der Waals surface area contributed by atoms with Crippen LogP contribution < -0.4 is 10.5 Å². The molecular formula is C14H23NOS. The summed E-state index contributed by atoms with van der Waals surface area (Å²) in [4.78, 5) is 0. The second kappa shape index (κ2) is 9.37. The molecule has 0 bridgehead atoms. The summed E-state index contributed by atoms with van der Waals surface area (Å²) >= 11 is 1.94. The summed E-state index contributed by atoms with van der Waals surface area (Å²) in [5, 5.41) is 0. The number of hydrogen-bond acceptors (Lipinski definition) is 3. The highest BCUT2D eigenvalue weighted by molar-refractivity contribution is 7.98. The number of benzene rings is 1. The van der Waals surface area contributed by atoms with E-state index < -0.39 is 0 Å². The molecular weight excluding hydrogens is 230 g/mol. The first-order valence-corrected chi connectivity index (χ1v) is 7.52. The van der Waals surface area contributed by atoms with Crippen LogP contribution in [-0.4, -0.2) is 18.9 Å². The third-order valence-corrected chi connectivity index (χ3v) is 3.57. The van der Waals surface area contributed by atoms with Gasteiger partial charge in [0.1, 0.15) is 5.75 Å². The van der Waals surface area contributed by atoms with E-state index in [1.165, 1.54) is 12.0 Å². The third-order valence-electron chi connectivity index (χ3n) is 2.45. The number of thioether (sulfide) groups is 1. The Labute approximate surface area is 109 Å². The summed E-state index contributed by atoms with van der Waals surface area (Å²) in [7, 11) is 0. The summed E-state index contributed by atoms with van der Waals surface area (Å²) in [5.74, 6) is 3.19. The number of hydrogen-bond donors (Lipinski definition) is 1. The zero-order chi connectivity index (χ0) is 12.3. The van der Waals surface area contributed by atoms with Crippen molar-refractivity contribution in [1.29, 1.82) is 0 Å². The Morgan fingerprint density at radius 2 is 1.94 bits per heavy atom. The second-order valence-corrected chi connectivity index (χ2v) is 5.15. The van der Waals surface area contributed by atoms with E-state index in [1.54, 1.807) is 0 Å². The lowest BCUT2D eigenvalue weighted by atomic mass is 10.2. The molecule has 0 aliphatic heterocycles. The van der Waals surface area contributed by atoms with E-state index in [0.29, 0.717) is 0 Å². The lowest BCUT2D eigenvalue weighted by Crippen LogP contribution is -1.99. The fraction of sp³-hybridized carbons (Fsp3) is 0.571. The highest BCUT2D eigenvalue weighted by atomic mass is 32.2. The van der Waals surface area contributed by atoms with Crippen molar-refractivity contribution in [2.45, 2.75) is 31.9 Å². The van der Waals surface area contributed by atoms with Gasteiger partial charge in [0.05, 0.1) is 6.61 Å². The molecule has 2 nitrogen and oxygen atoms in total. The van der Waals surface area contributed by atoms with Gasteiger partial charge in [-0.3, -0.25) is 0 Å². The molecule has 1 aromatic rings. The molecule has 0 fully saturated rings. The Hall–Kier alpha value is -0.670. The predicted octanol–water partition coefficient (Wildman–Crippen LogP) is 3.45. The second-order valence-electron chi connectivity index (χ2n) is 4.04. The van der Waals surface area contributed by atoms with Crippen molar-refractivity contribution >= 4 is 11.8 Å². The van der Waals surface area contributed by atoms with Gasteiger partial charge in [-0.25, -0.2) is 0 Å². The Morgan fingerprint density at radius 1 is 1.18 bits per heavy atom. The topological polar surface area (TPSA) is 35.2 Å². The molecule has 0 aromatic heterocycles. The maximum atomic E-state index is 5.62. The fourth-order valence-corrected chi connectivity index (χ4v) is 2.33. The largest absolute Gasteiger partial charge is 0.494 e. The van der Waals surface area contributed by atoms with Crippen LogP contribution in [0.15, 0.2) is 24.3 Å². The molecule has 0 unspecified atom stereocenters. The van der Waals surface area contributed by atoms with Crippen LogP contribution in [0.1, 0.15) is 31.7 Å². The van der Waals surface area contributed by atoms with Crippen molar-refractivity contribution in [3.05, 3.63) is 29.8 Å². The first-order valence-electron chi connectivity index (χ1n) is 6.36. The molecule has 1 aromatic carbocycles. The van der Waals surface area contributed by atoms with E-state index in [9.17, 15) is 0 Å². The number of ether oxygens (including phenoxy) is 1. The van der Waals surface area contributed by atoms with Crippen LogP contribution >= 0.6 is 11.8 Å². The molecule has 0 saturated heterocycles. The van der Waals surface area contributed by atoms with E-state index in [1.807, 2.05) is 11.8 Å². The van der Waals surface area contributed by atoms with Crippen LogP contribution in [0.3, 0.4) is 0 Å². The van der Waals surface area contributed by atoms with Crippen LogP contribution in [0.5, 0.6) is 5.75 Å². The smallest absolute Gasteiger partial charge is 0.119 e. The van der Waals surface area contributed by atoms with Crippen LogP contribution in [0, 0.1) is 0 Å².